The van der Waals surface area contributed by atoms with E-state index in [4.69, 9.17) is 4.42 Å². The molecule has 0 atom stereocenters. The first-order chi connectivity index (χ1) is 21.3. The molecule has 9 aromatic rings. The monoisotopic (exact) mass is 567 g/mol. The fraction of sp³-hybridized carbons (Fsp3) is 0. The van der Waals surface area contributed by atoms with E-state index >= 15 is 0 Å². The molecule has 0 bridgehead atoms. The van der Waals surface area contributed by atoms with Gasteiger partial charge in [-0.15, -0.1) is 11.3 Å². The summed E-state index contributed by atoms with van der Waals surface area (Å²) in [4.78, 5) is 2.36. The Morgan fingerprint density at radius 1 is 0.465 bits per heavy atom. The second-order valence-corrected chi connectivity index (χ2v) is 12.0. The van der Waals surface area contributed by atoms with Crippen LogP contribution in [-0.2, 0) is 0 Å². The van der Waals surface area contributed by atoms with Crippen LogP contribution in [0.15, 0.2) is 156 Å². The van der Waals surface area contributed by atoms with E-state index < -0.39 is 0 Å². The number of nitrogens with zero attached hydrogens (tertiary/aromatic N) is 1. The Hall–Kier alpha value is -5.38. The number of hydrogen-bond acceptors (Lipinski definition) is 3. The van der Waals surface area contributed by atoms with Crippen molar-refractivity contribution in [2.24, 2.45) is 0 Å². The average molecular weight is 568 g/mol. The maximum atomic E-state index is 6.56. The van der Waals surface area contributed by atoms with Crippen molar-refractivity contribution in [1.29, 1.82) is 0 Å². The number of fused-ring (bicyclic) bond motifs is 8. The van der Waals surface area contributed by atoms with Gasteiger partial charge in [-0.1, -0.05) is 91.0 Å². The van der Waals surface area contributed by atoms with Gasteiger partial charge in [0.25, 0.3) is 0 Å². The lowest BCUT2D eigenvalue weighted by Crippen LogP contribution is -2.10. The van der Waals surface area contributed by atoms with Crippen molar-refractivity contribution in [2.75, 3.05) is 4.90 Å². The zero-order chi connectivity index (χ0) is 28.3. The predicted octanol–water partition coefficient (Wildman–Crippen LogP) is 12.2. The highest BCUT2D eigenvalue weighted by Gasteiger charge is 2.20. The molecule has 0 aliphatic rings. The van der Waals surface area contributed by atoms with Crippen molar-refractivity contribution >= 4 is 81.3 Å². The van der Waals surface area contributed by atoms with E-state index in [0.29, 0.717) is 0 Å². The van der Waals surface area contributed by atoms with Crippen LogP contribution in [0.3, 0.4) is 0 Å². The molecule has 0 radical (unpaired) electrons. The normalized spacial score (nSPS) is 11.7. The Morgan fingerprint density at radius 2 is 1.21 bits per heavy atom. The summed E-state index contributed by atoms with van der Waals surface area (Å²) in [7, 11) is 0. The molecule has 3 heteroatoms. The van der Waals surface area contributed by atoms with Crippen molar-refractivity contribution < 1.29 is 4.42 Å². The summed E-state index contributed by atoms with van der Waals surface area (Å²) >= 11 is 1.85. The van der Waals surface area contributed by atoms with E-state index in [9.17, 15) is 0 Å². The van der Waals surface area contributed by atoms with Crippen molar-refractivity contribution in [1.82, 2.24) is 0 Å². The van der Waals surface area contributed by atoms with Crippen molar-refractivity contribution in [3.05, 3.63) is 152 Å². The van der Waals surface area contributed by atoms with Crippen LogP contribution in [0.1, 0.15) is 0 Å². The number of benzene rings is 7. The van der Waals surface area contributed by atoms with Crippen molar-refractivity contribution in [3.63, 3.8) is 0 Å². The van der Waals surface area contributed by atoms with E-state index in [0.717, 1.165) is 44.4 Å². The Labute approximate surface area is 252 Å². The number of thiophene rings is 1. The second kappa shape index (κ2) is 9.59. The molecule has 9 rings (SSSR count). The van der Waals surface area contributed by atoms with Gasteiger partial charge in [0.1, 0.15) is 11.2 Å². The average Bonchev–Trinajstić information content (AvgIpc) is 3.64. The molecular formula is C40H25NOS. The maximum absolute atomic E-state index is 6.56. The van der Waals surface area contributed by atoms with Gasteiger partial charge >= 0.3 is 0 Å². The van der Waals surface area contributed by atoms with Gasteiger partial charge in [-0.2, -0.15) is 0 Å². The molecule has 7 aromatic carbocycles. The van der Waals surface area contributed by atoms with Gasteiger partial charge in [0.2, 0.25) is 0 Å². The highest BCUT2D eigenvalue weighted by atomic mass is 32.1. The molecule has 0 amide bonds. The molecule has 0 fully saturated rings. The lowest BCUT2D eigenvalue weighted by molar-refractivity contribution is 0.672. The van der Waals surface area contributed by atoms with Crippen LogP contribution in [0.25, 0.3) is 64.0 Å². The third kappa shape index (κ3) is 3.86. The molecule has 2 nitrogen and oxygen atoms in total. The van der Waals surface area contributed by atoms with Crippen LogP contribution < -0.4 is 4.90 Å². The second-order valence-electron chi connectivity index (χ2n) is 10.9. The first-order valence-corrected chi connectivity index (χ1v) is 15.3. The first-order valence-electron chi connectivity index (χ1n) is 14.5. The van der Waals surface area contributed by atoms with Gasteiger partial charge in [-0.05, 0) is 77.2 Å². The predicted molar refractivity (Wildman–Crippen MR) is 184 cm³/mol. The zero-order valence-corrected chi connectivity index (χ0v) is 24.0. The Kier molecular flexibility index (Phi) is 5.40. The Bertz CT molecular complexity index is 2470. The van der Waals surface area contributed by atoms with Crippen molar-refractivity contribution in [3.8, 4) is 11.1 Å². The van der Waals surface area contributed by atoms with Crippen LogP contribution in [0, 0.1) is 0 Å². The molecule has 0 saturated carbocycles. The summed E-state index contributed by atoms with van der Waals surface area (Å²) in [5.41, 5.74) is 7.50. The fourth-order valence-electron chi connectivity index (χ4n) is 6.46. The molecule has 0 aliphatic heterocycles. The molecule has 0 saturated heterocycles. The van der Waals surface area contributed by atoms with E-state index in [1.54, 1.807) is 0 Å². The first kappa shape index (κ1) is 24.2. The molecule has 2 heterocycles. The minimum atomic E-state index is 0.885. The molecule has 0 spiro atoms. The number of para-hydroxylation sites is 1. The minimum Gasteiger partial charge on any atom is -0.455 e. The van der Waals surface area contributed by atoms with Crippen LogP contribution in [0.2, 0.25) is 0 Å². The van der Waals surface area contributed by atoms with E-state index in [2.05, 4.69) is 157 Å². The van der Waals surface area contributed by atoms with Crippen LogP contribution >= 0.6 is 11.3 Å². The molecule has 0 aliphatic carbocycles. The Morgan fingerprint density at radius 3 is 2.14 bits per heavy atom. The number of hydrogen-bond donors (Lipinski definition) is 0. The summed E-state index contributed by atoms with van der Waals surface area (Å²) in [5, 5.41) is 7.17. The molecule has 0 unspecified atom stereocenters. The third-order valence-corrected chi connectivity index (χ3v) is 9.59. The summed E-state index contributed by atoms with van der Waals surface area (Å²) in [6, 6.07) is 54.2. The quantitative estimate of drug-likeness (QED) is 0.210. The maximum Gasteiger partial charge on any atom is 0.143 e. The van der Waals surface area contributed by atoms with E-state index in [1.165, 1.54) is 36.7 Å². The lowest BCUT2D eigenvalue weighted by atomic mass is 10.0. The molecule has 2 aromatic heterocycles. The smallest absolute Gasteiger partial charge is 0.143 e. The summed E-state index contributed by atoms with van der Waals surface area (Å²) in [6.45, 7) is 0. The fourth-order valence-corrected chi connectivity index (χ4v) is 7.54. The summed E-state index contributed by atoms with van der Waals surface area (Å²) < 4.78 is 9.21. The number of furan rings is 1. The van der Waals surface area contributed by atoms with E-state index in [1.807, 2.05) is 11.3 Å². The minimum absolute atomic E-state index is 0.885. The highest BCUT2D eigenvalue weighted by molar-refractivity contribution is 7.25. The van der Waals surface area contributed by atoms with Crippen LogP contribution in [0.5, 0.6) is 0 Å². The van der Waals surface area contributed by atoms with Gasteiger partial charge in [-0.3, -0.25) is 0 Å². The largest absolute Gasteiger partial charge is 0.455 e. The Balaban J connectivity index is 1.26. The third-order valence-electron chi connectivity index (χ3n) is 8.43. The van der Waals surface area contributed by atoms with Gasteiger partial charge in [0.05, 0.1) is 11.1 Å². The summed E-state index contributed by atoms with van der Waals surface area (Å²) in [6.07, 6.45) is 0. The lowest BCUT2D eigenvalue weighted by Gasteiger charge is -2.26. The van der Waals surface area contributed by atoms with Gasteiger partial charge < -0.3 is 9.32 Å². The number of rotatable bonds is 4. The zero-order valence-electron chi connectivity index (χ0n) is 23.2. The highest BCUT2D eigenvalue weighted by Crippen LogP contribution is 2.45. The van der Waals surface area contributed by atoms with Gasteiger partial charge in [-0.25, -0.2) is 0 Å². The topological polar surface area (TPSA) is 16.4 Å². The van der Waals surface area contributed by atoms with E-state index in [-0.39, 0.29) is 0 Å². The molecule has 0 N–H and O–H groups in total. The van der Waals surface area contributed by atoms with Crippen molar-refractivity contribution in [2.45, 2.75) is 0 Å². The number of anilines is 3. The molecule has 202 valence electrons. The standard InChI is InChI=1S/C40H25NOS/c1-2-12-29(13-3-1)41(35-17-9-18-36-39(35)33-22-20-26-10-4-5-15-31(26)40(33)42-36)30-14-8-11-27(24-30)28-21-23-38-34(25-28)32-16-6-7-19-37(32)43-38/h1-25H. The van der Waals surface area contributed by atoms with Crippen LogP contribution in [-0.4, -0.2) is 0 Å². The summed E-state index contributed by atoms with van der Waals surface area (Å²) in [5.74, 6) is 0. The SMILES string of the molecule is c1ccc(N(c2cccc(-c3ccc4sc5ccccc5c4c3)c2)c2cccc3oc4c5ccccc5ccc4c23)cc1. The van der Waals surface area contributed by atoms with Crippen LogP contribution in [0.4, 0.5) is 17.1 Å². The van der Waals surface area contributed by atoms with Gasteiger partial charge in [0.15, 0.2) is 0 Å². The molecular weight excluding hydrogens is 543 g/mol. The van der Waals surface area contributed by atoms with Gasteiger partial charge in [0, 0.05) is 42.3 Å². The molecule has 43 heavy (non-hydrogen) atoms.